The first kappa shape index (κ1) is 20.3. The van der Waals surface area contributed by atoms with Crippen molar-refractivity contribution in [2.24, 2.45) is 0 Å². The second kappa shape index (κ2) is 9.64. The Hall–Kier alpha value is -1.98. The molecule has 0 aromatic heterocycles. The summed E-state index contributed by atoms with van der Waals surface area (Å²) < 4.78 is 12.3. The number of aromatic carboxylic acids is 1. The molecule has 0 aliphatic rings. The van der Waals surface area contributed by atoms with E-state index in [-0.39, 0.29) is 24.4 Å². The molecular weight excluding hydrogens is 353 g/mol. The first-order valence-electron chi connectivity index (χ1n) is 8.41. The number of benzene rings is 2. The van der Waals surface area contributed by atoms with Gasteiger partial charge in [-0.15, -0.1) is 0 Å². The molecule has 2 rings (SSSR count). The zero-order valence-electron chi connectivity index (χ0n) is 14.4. The third-order valence-corrected chi connectivity index (χ3v) is 5.76. The molecule has 0 aliphatic carbocycles. The number of nitrogens with one attached hydrogen (secondary N) is 1. The van der Waals surface area contributed by atoms with E-state index in [0.717, 1.165) is 11.1 Å². The number of aliphatic hydroxyl groups excluding tert-OH is 1. The Labute approximate surface area is 153 Å². The third-order valence-electron chi connectivity index (χ3n) is 3.91. The maximum absolute atomic E-state index is 12.3. The highest BCUT2D eigenvalue weighted by Gasteiger charge is 2.23. The van der Waals surface area contributed by atoms with Gasteiger partial charge in [0.25, 0.3) is 0 Å². The summed E-state index contributed by atoms with van der Waals surface area (Å²) in [7, 11) is -3.45. The zero-order valence-corrected chi connectivity index (χ0v) is 15.3. The first-order valence-corrected chi connectivity index (χ1v) is 10.4. The zero-order chi connectivity index (χ0) is 19.0. The van der Waals surface area contributed by atoms with Crippen molar-refractivity contribution in [3.05, 3.63) is 71.3 Å². The lowest BCUT2D eigenvalue weighted by Gasteiger charge is -2.17. The molecule has 0 fully saturated rings. The molecule has 0 saturated carbocycles. The fraction of sp³-hybridized carbons (Fsp3) is 0.316. The van der Waals surface area contributed by atoms with E-state index in [4.69, 9.17) is 5.11 Å². The molecule has 2 aromatic rings. The van der Waals surface area contributed by atoms with Crippen LogP contribution in [0.1, 0.15) is 21.5 Å². The van der Waals surface area contributed by atoms with Crippen LogP contribution in [0.25, 0.3) is 0 Å². The van der Waals surface area contributed by atoms with Crippen LogP contribution in [0, 0.1) is 0 Å². The normalized spacial score (nSPS) is 14.5. The van der Waals surface area contributed by atoms with Crippen molar-refractivity contribution in [1.82, 2.24) is 5.32 Å². The van der Waals surface area contributed by atoms with Gasteiger partial charge in [0.05, 0.1) is 17.8 Å². The van der Waals surface area contributed by atoms with Crippen LogP contribution in [0.5, 0.6) is 0 Å². The van der Waals surface area contributed by atoms with Gasteiger partial charge in [-0.2, -0.15) is 0 Å². The number of aliphatic hydroxyl groups is 1. The standard InChI is InChI=1S/C19H24NO5P/c21-18(14-26(24,25)13-16-5-2-1-3-6-16)12-20-10-9-15-7-4-8-17(11-15)19(22)23/h1-8,11,18,20-21H,9-10,12-14H2,(H,22,23)(H,24,25)/t18-/m1/s1. The van der Waals surface area contributed by atoms with Crippen LogP contribution in [-0.4, -0.2) is 46.4 Å². The number of carbonyl (C=O) groups is 1. The van der Waals surface area contributed by atoms with E-state index in [0.29, 0.717) is 13.0 Å². The van der Waals surface area contributed by atoms with Crippen LogP contribution in [0.15, 0.2) is 54.6 Å². The number of hydrogen-bond acceptors (Lipinski definition) is 4. The molecule has 7 heteroatoms. The van der Waals surface area contributed by atoms with Crippen molar-refractivity contribution in [1.29, 1.82) is 0 Å². The van der Waals surface area contributed by atoms with Gasteiger partial charge in [0.15, 0.2) is 0 Å². The first-order chi connectivity index (χ1) is 12.4. The monoisotopic (exact) mass is 377 g/mol. The minimum Gasteiger partial charge on any atom is -0.478 e. The number of carboxylic acid groups (broad SMARTS) is 1. The van der Waals surface area contributed by atoms with E-state index in [1.807, 2.05) is 24.3 Å². The van der Waals surface area contributed by atoms with E-state index in [1.165, 1.54) is 6.07 Å². The van der Waals surface area contributed by atoms with Crippen molar-refractivity contribution in [2.45, 2.75) is 18.7 Å². The van der Waals surface area contributed by atoms with Crippen LogP contribution in [-0.2, 0) is 17.1 Å². The third kappa shape index (κ3) is 7.10. The second-order valence-corrected chi connectivity index (χ2v) is 8.66. The molecule has 6 nitrogen and oxygen atoms in total. The molecular formula is C19H24NO5P. The molecule has 0 spiro atoms. The average molecular weight is 377 g/mol. The molecule has 0 saturated heterocycles. The van der Waals surface area contributed by atoms with E-state index in [1.54, 1.807) is 24.3 Å². The number of rotatable bonds is 10. The second-order valence-electron chi connectivity index (χ2n) is 6.29. The number of carboxylic acids is 1. The van der Waals surface area contributed by atoms with Gasteiger partial charge in [-0.05, 0) is 36.2 Å². The highest BCUT2D eigenvalue weighted by molar-refractivity contribution is 7.57. The highest BCUT2D eigenvalue weighted by atomic mass is 31.2. The van der Waals surface area contributed by atoms with Gasteiger partial charge in [0, 0.05) is 12.7 Å². The largest absolute Gasteiger partial charge is 0.478 e. The Bertz CT molecular complexity index is 766. The molecule has 0 heterocycles. The van der Waals surface area contributed by atoms with Gasteiger partial charge in [0.2, 0.25) is 7.37 Å². The smallest absolute Gasteiger partial charge is 0.335 e. The summed E-state index contributed by atoms with van der Waals surface area (Å²) >= 11 is 0. The highest BCUT2D eigenvalue weighted by Crippen LogP contribution is 2.44. The molecule has 0 bridgehead atoms. The summed E-state index contributed by atoms with van der Waals surface area (Å²) in [5, 5.41) is 22.0. The quantitative estimate of drug-likeness (QED) is 0.374. The van der Waals surface area contributed by atoms with Gasteiger partial charge >= 0.3 is 5.97 Å². The lowest BCUT2D eigenvalue weighted by atomic mass is 10.1. The summed E-state index contributed by atoms with van der Waals surface area (Å²) in [6.45, 7) is 0.743. The van der Waals surface area contributed by atoms with Crippen molar-refractivity contribution < 1.29 is 24.5 Å². The van der Waals surface area contributed by atoms with Crippen molar-refractivity contribution in [2.75, 3.05) is 19.3 Å². The summed E-state index contributed by atoms with van der Waals surface area (Å²) in [5.74, 6) is -0.965. The van der Waals surface area contributed by atoms with Gasteiger partial charge < -0.3 is 20.4 Å². The Morgan fingerprint density at radius 1 is 1.08 bits per heavy atom. The fourth-order valence-corrected chi connectivity index (χ4v) is 4.39. The van der Waals surface area contributed by atoms with E-state index >= 15 is 0 Å². The molecule has 0 radical (unpaired) electrons. The molecule has 1 unspecified atom stereocenters. The Balaban J connectivity index is 1.73. The molecule has 4 N–H and O–H groups in total. The van der Waals surface area contributed by atoms with Crippen molar-refractivity contribution in [3.63, 3.8) is 0 Å². The van der Waals surface area contributed by atoms with Crippen LogP contribution < -0.4 is 5.32 Å². The van der Waals surface area contributed by atoms with Crippen molar-refractivity contribution in [3.8, 4) is 0 Å². The molecule has 0 amide bonds. The SMILES string of the molecule is O=C(O)c1cccc(CCNC[C@@H](O)CP(=O)(O)Cc2ccccc2)c1. The Kier molecular flexibility index (Phi) is 7.54. The molecule has 2 aromatic carbocycles. The summed E-state index contributed by atoms with van der Waals surface area (Å²) in [5.41, 5.74) is 1.89. The Morgan fingerprint density at radius 2 is 1.77 bits per heavy atom. The molecule has 140 valence electrons. The van der Waals surface area contributed by atoms with Gasteiger partial charge in [0.1, 0.15) is 0 Å². The van der Waals surface area contributed by atoms with E-state index in [2.05, 4.69) is 5.32 Å². The Morgan fingerprint density at radius 3 is 2.46 bits per heavy atom. The topological polar surface area (TPSA) is 107 Å². The van der Waals surface area contributed by atoms with E-state index in [9.17, 15) is 19.4 Å². The number of hydrogen-bond donors (Lipinski definition) is 4. The van der Waals surface area contributed by atoms with Gasteiger partial charge in [-0.25, -0.2) is 4.79 Å². The summed E-state index contributed by atoms with van der Waals surface area (Å²) in [6, 6.07) is 15.7. The van der Waals surface area contributed by atoms with Crippen LogP contribution >= 0.6 is 7.37 Å². The fourth-order valence-electron chi connectivity index (χ4n) is 2.69. The maximum Gasteiger partial charge on any atom is 0.335 e. The lowest BCUT2D eigenvalue weighted by Crippen LogP contribution is -2.31. The van der Waals surface area contributed by atoms with Crippen molar-refractivity contribution >= 4 is 13.3 Å². The lowest BCUT2D eigenvalue weighted by molar-refractivity contribution is 0.0696. The van der Waals surface area contributed by atoms with E-state index < -0.39 is 19.4 Å². The maximum atomic E-state index is 12.3. The molecule has 2 atom stereocenters. The molecule has 0 aliphatic heterocycles. The minimum absolute atomic E-state index is 0.0485. The minimum atomic E-state index is -3.45. The van der Waals surface area contributed by atoms with Crippen LogP contribution in [0.4, 0.5) is 0 Å². The summed E-state index contributed by atoms with van der Waals surface area (Å²) in [6.07, 6.45) is -0.426. The van der Waals surface area contributed by atoms with Gasteiger partial charge in [-0.1, -0.05) is 42.5 Å². The van der Waals surface area contributed by atoms with Crippen LogP contribution in [0.2, 0.25) is 0 Å². The predicted octanol–water partition coefficient (Wildman–Crippen LogP) is 2.35. The molecule has 26 heavy (non-hydrogen) atoms. The van der Waals surface area contributed by atoms with Gasteiger partial charge in [-0.3, -0.25) is 4.57 Å². The summed E-state index contributed by atoms with van der Waals surface area (Å²) in [4.78, 5) is 21.0. The average Bonchev–Trinajstić information content (AvgIpc) is 2.59. The predicted molar refractivity (Wildman–Crippen MR) is 101 cm³/mol. The van der Waals surface area contributed by atoms with Crippen LogP contribution in [0.3, 0.4) is 0 Å².